The van der Waals surface area contributed by atoms with Crippen molar-refractivity contribution in [2.24, 2.45) is 0 Å². The summed E-state index contributed by atoms with van der Waals surface area (Å²) in [6, 6.07) is 4.31. The van der Waals surface area contributed by atoms with Crippen LogP contribution in [0.15, 0.2) is 35.1 Å². The van der Waals surface area contributed by atoms with Crippen LogP contribution in [0.2, 0.25) is 5.02 Å². The van der Waals surface area contributed by atoms with Crippen molar-refractivity contribution in [2.75, 3.05) is 0 Å². The summed E-state index contributed by atoms with van der Waals surface area (Å²) in [7, 11) is 0. The second kappa shape index (κ2) is 8.01. The number of hydrogen-bond acceptors (Lipinski definition) is 5. The van der Waals surface area contributed by atoms with Gasteiger partial charge in [-0.3, -0.25) is 0 Å². The molecule has 1 aromatic heterocycles. The molecule has 1 aromatic carbocycles. The number of hydrogen-bond donors (Lipinski definition) is 0. The van der Waals surface area contributed by atoms with Crippen molar-refractivity contribution < 1.29 is 27.4 Å². The van der Waals surface area contributed by atoms with E-state index in [1.165, 1.54) is 24.5 Å². The second-order valence-electron chi connectivity index (χ2n) is 4.96. The Hall–Kier alpha value is -1.87. The molecule has 25 heavy (non-hydrogen) atoms. The number of alkyl halides is 3. The zero-order valence-corrected chi connectivity index (χ0v) is 15.0. The SMILES string of the molecule is CC(CC(F)(F)F)OC(=O)c1cc(Br)ccc1Oc1ncc(Cl)cn1. The summed E-state index contributed by atoms with van der Waals surface area (Å²) in [4.78, 5) is 19.9. The Morgan fingerprint density at radius 2 is 1.96 bits per heavy atom. The highest BCUT2D eigenvalue weighted by atomic mass is 79.9. The van der Waals surface area contributed by atoms with Gasteiger partial charge in [0, 0.05) is 4.47 Å². The zero-order valence-electron chi connectivity index (χ0n) is 12.7. The number of halogens is 5. The third-order valence-corrected chi connectivity index (χ3v) is 3.47. The van der Waals surface area contributed by atoms with Gasteiger partial charge < -0.3 is 9.47 Å². The lowest BCUT2D eigenvalue weighted by atomic mass is 10.2. The second-order valence-corrected chi connectivity index (χ2v) is 6.31. The fourth-order valence-corrected chi connectivity index (χ4v) is 2.27. The van der Waals surface area contributed by atoms with Gasteiger partial charge in [0.1, 0.15) is 17.4 Å². The Morgan fingerprint density at radius 1 is 1.32 bits per heavy atom. The smallest absolute Gasteiger partial charge is 0.392 e. The molecular formula is C15H11BrClF3N2O3. The molecule has 0 fully saturated rings. The van der Waals surface area contributed by atoms with Gasteiger partial charge >= 0.3 is 18.2 Å². The van der Waals surface area contributed by atoms with E-state index in [0.717, 1.165) is 6.92 Å². The molecule has 0 N–H and O–H groups in total. The molecule has 5 nitrogen and oxygen atoms in total. The standard InChI is InChI=1S/C15H11BrClF3N2O3/c1-8(5-15(18,19)20)24-13(23)11-4-9(16)2-3-12(11)25-14-21-6-10(17)7-22-14/h2-4,6-8H,5H2,1H3. The summed E-state index contributed by atoms with van der Waals surface area (Å²) in [5.41, 5.74) is -0.0676. The highest BCUT2D eigenvalue weighted by molar-refractivity contribution is 9.10. The quantitative estimate of drug-likeness (QED) is 0.601. The zero-order chi connectivity index (χ0) is 18.6. The summed E-state index contributed by atoms with van der Waals surface area (Å²) < 4.78 is 47.9. The van der Waals surface area contributed by atoms with E-state index in [1.807, 2.05) is 0 Å². The van der Waals surface area contributed by atoms with Crippen molar-refractivity contribution in [3.8, 4) is 11.8 Å². The van der Waals surface area contributed by atoms with Crippen molar-refractivity contribution >= 4 is 33.5 Å². The van der Waals surface area contributed by atoms with E-state index in [-0.39, 0.29) is 17.3 Å². The number of carbonyl (C=O) groups excluding carboxylic acids is 1. The Morgan fingerprint density at radius 3 is 2.56 bits per heavy atom. The van der Waals surface area contributed by atoms with Crippen LogP contribution in [0.4, 0.5) is 13.2 Å². The highest BCUT2D eigenvalue weighted by Gasteiger charge is 2.32. The number of rotatable bonds is 5. The van der Waals surface area contributed by atoms with Crippen LogP contribution >= 0.6 is 27.5 Å². The number of carbonyl (C=O) groups is 1. The van der Waals surface area contributed by atoms with Crippen LogP contribution in [0.3, 0.4) is 0 Å². The maximum atomic E-state index is 12.4. The van der Waals surface area contributed by atoms with Crippen LogP contribution in [0, 0.1) is 0 Å². The maximum absolute atomic E-state index is 12.4. The van der Waals surface area contributed by atoms with E-state index in [2.05, 4.69) is 25.9 Å². The Bertz CT molecular complexity index is 757. The maximum Gasteiger partial charge on any atom is 0.392 e. The molecule has 0 radical (unpaired) electrons. The molecule has 0 amide bonds. The van der Waals surface area contributed by atoms with Gasteiger partial charge in [-0.15, -0.1) is 0 Å². The molecule has 0 aliphatic carbocycles. The van der Waals surface area contributed by atoms with Crippen LogP contribution in [0.1, 0.15) is 23.7 Å². The van der Waals surface area contributed by atoms with Gasteiger partial charge in [0.25, 0.3) is 0 Å². The van der Waals surface area contributed by atoms with Gasteiger partial charge in [-0.05, 0) is 25.1 Å². The molecule has 10 heteroatoms. The summed E-state index contributed by atoms with van der Waals surface area (Å²) in [6.07, 6.45) is -4.43. The molecule has 1 heterocycles. The van der Waals surface area contributed by atoms with Crippen molar-refractivity contribution in [1.82, 2.24) is 9.97 Å². The van der Waals surface area contributed by atoms with Crippen LogP contribution in [0.25, 0.3) is 0 Å². The van der Waals surface area contributed by atoms with E-state index in [4.69, 9.17) is 21.1 Å². The minimum atomic E-state index is -4.44. The van der Waals surface area contributed by atoms with Crippen molar-refractivity contribution in [3.05, 3.63) is 45.7 Å². The molecule has 1 unspecified atom stereocenters. The Labute approximate surface area is 154 Å². The van der Waals surface area contributed by atoms with E-state index in [0.29, 0.717) is 9.50 Å². The highest BCUT2D eigenvalue weighted by Crippen LogP contribution is 2.29. The first-order chi connectivity index (χ1) is 11.6. The topological polar surface area (TPSA) is 61.3 Å². The molecule has 0 spiro atoms. The van der Waals surface area contributed by atoms with Gasteiger partial charge in [-0.2, -0.15) is 13.2 Å². The summed E-state index contributed by atoms with van der Waals surface area (Å²) in [5, 5.41) is 0.295. The molecule has 134 valence electrons. The van der Waals surface area contributed by atoms with Crippen LogP contribution in [-0.2, 0) is 4.74 Å². The predicted octanol–water partition coefficient (Wildman–Crippen LogP) is 5.18. The molecule has 0 saturated heterocycles. The Kier molecular flexibility index (Phi) is 6.23. The first-order valence-electron chi connectivity index (χ1n) is 6.87. The van der Waals surface area contributed by atoms with Crippen LogP contribution < -0.4 is 4.74 Å². The number of aromatic nitrogens is 2. The first kappa shape index (κ1) is 19.5. The summed E-state index contributed by atoms with van der Waals surface area (Å²) in [6.45, 7) is 1.16. The largest absolute Gasteiger partial charge is 0.459 e. The van der Waals surface area contributed by atoms with Gasteiger partial charge in [-0.25, -0.2) is 14.8 Å². The molecule has 0 aliphatic rings. The molecule has 2 aromatic rings. The van der Waals surface area contributed by atoms with Gasteiger partial charge in [-0.1, -0.05) is 27.5 Å². The van der Waals surface area contributed by atoms with Crippen molar-refractivity contribution in [1.29, 1.82) is 0 Å². The number of esters is 1. The average molecular weight is 440 g/mol. The molecule has 0 bridgehead atoms. The number of benzene rings is 1. The van der Waals surface area contributed by atoms with Gasteiger partial charge in [0.05, 0.1) is 23.8 Å². The van der Waals surface area contributed by atoms with E-state index in [1.54, 1.807) is 6.07 Å². The fraction of sp³-hybridized carbons (Fsp3) is 0.267. The Balaban J connectivity index is 2.20. The van der Waals surface area contributed by atoms with Crippen LogP contribution in [-0.4, -0.2) is 28.2 Å². The van der Waals surface area contributed by atoms with Crippen LogP contribution in [0.5, 0.6) is 11.8 Å². The molecule has 2 rings (SSSR count). The minimum Gasteiger partial charge on any atom is -0.459 e. The fourth-order valence-electron chi connectivity index (χ4n) is 1.82. The molecule has 1 atom stereocenters. The normalized spacial score (nSPS) is 12.6. The monoisotopic (exact) mass is 438 g/mol. The molecule has 0 saturated carbocycles. The predicted molar refractivity (Wildman–Crippen MR) is 86.8 cm³/mol. The number of nitrogens with zero attached hydrogens (tertiary/aromatic N) is 2. The average Bonchev–Trinajstić information content (AvgIpc) is 2.49. The summed E-state index contributed by atoms with van der Waals surface area (Å²) >= 11 is 8.86. The third kappa shape index (κ3) is 6.17. The van der Waals surface area contributed by atoms with E-state index in [9.17, 15) is 18.0 Å². The lowest BCUT2D eigenvalue weighted by Crippen LogP contribution is -2.22. The molecular weight excluding hydrogens is 429 g/mol. The third-order valence-electron chi connectivity index (χ3n) is 2.79. The van der Waals surface area contributed by atoms with Gasteiger partial charge in [0.15, 0.2) is 0 Å². The first-order valence-corrected chi connectivity index (χ1v) is 8.04. The lowest BCUT2D eigenvalue weighted by molar-refractivity contribution is -0.152. The van der Waals surface area contributed by atoms with Crippen molar-refractivity contribution in [2.45, 2.75) is 25.6 Å². The van der Waals surface area contributed by atoms with E-state index < -0.39 is 24.7 Å². The minimum absolute atomic E-state index is 0.0368. The number of ether oxygens (including phenoxy) is 2. The van der Waals surface area contributed by atoms with Gasteiger partial charge in [0.2, 0.25) is 0 Å². The van der Waals surface area contributed by atoms with E-state index >= 15 is 0 Å². The summed E-state index contributed by atoms with van der Waals surface area (Å²) in [5.74, 6) is -0.920. The lowest BCUT2D eigenvalue weighted by Gasteiger charge is -2.16. The van der Waals surface area contributed by atoms with Crippen molar-refractivity contribution in [3.63, 3.8) is 0 Å². The molecule has 0 aliphatic heterocycles.